The van der Waals surface area contributed by atoms with Crippen LogP contribution < -0.4 is 10.0 Å². The van der Waals surface area contributed by atoms with Crippen LogP contribution in [0.15, 0.2) is 47.4 Å². The van der Waals surface area contributed by atoms with Crippen LogP contribution in [-0.4, -0.2) is 44.1 Å². The van der Waals surface area contributed by atoms with E-state index < -0.39 is 21.4 Å². The Hall–Kier alpha value is -2.81. The third kappa shape index (κ3) is 6.35. The second-order valence-electron chi connectivity index (χ2n) is 8.99. The first-order valence-corrected chi connectivity index (χ1v) is 12.0. The van der Waals surface area contributed by atoms with Gasteiger partial charge in [0.15, 0.2) is 0 Å². The summed E-state index contributed by atoms with van der Waals surface area (Å²) in [4.78, 5) is 14.0. The van der Waals surface area contributed by atoms with Crippen molar-refractivity contribution in [2.75, 3.05) is 23.1 Å². The summed E-state index contributed by atoms with van der Waals surface area (Å²) in [6.45, 7) is 8.37. The van der Waals surface area contributed by atoms with Gasteiger partial charge in [-0.15, -0.1) is 0 Å². The molecule has 0 saturated carbocycles. The largest absolute Gasteiger partial charge is 0.444 e. The minimum atomic E-state index is -3.87. The third-order valence-electron chi connectivity index (χ3n) is 5.06. The summed E-state index contributed by atoms with van der Waals surface area (Å²) in [6.07, 6.45) is 0.964. The smallest absolute Gasteiger partial charge is 0.410 e. The fourth-order valence-electron chi connectivity index (χ4n) is 3.40. The number of rotatable bonds is 5. The van der Waals surface area contributed by atoms with Gasteiger partial charge in [-0.05, 0) is 64.8 Å². The summed E-state index contributed by atoms with van der Waals surface area (Å²) in [5, 5.41) is 3.30. The van der Waals surface area contributed by atoms with Gasteiger partial charge in [-0.25, -0.2) is 17.6 Å². The molecular formula is C23H30FN3O4S. The summed E-state index contributed by atoms with van der Waals surface area (Å²) in [7, 11) is -3.87. The van der Waals surface area contributed by atoms with Gasteiger partial charge < -0.3 is 15.0 Å². The Morgan fingerprint density at radius 1 is 1.06 bits per heavy atom. The molecule has 0 aromatic heterocycles. The molecule has 2 aromatic rings. The van der Waals surface area contributed by atoms with Crippen molar-refractivity contribution in [3.8, 4) is 0 Å². The number of hydrogen-bond acceptors (Lipinski definition) is 5. The number of anilines is 2. The zero-order valence-corrected chi connectivity index (χ0v) is 19.6. The highest BCUT2D eigenvalue weighted by atomic mass is 32.2. The second kappa shape index (κ2) is 9.36. The quantitative estimate of drug-likeness (QED) is 0.668. The molecule has 1 fully saturated rings. The molecule has 0 spiro atoms. The Kier molecular flexibility index (Phi) is 6.97. The molecule has 0 aliphatic carbocycles. The predicted molar refractivity (Wildman–Crippen MR) is 123 cm³/mol. The van der Waals surface area contributed by atoms with E-state index in [2.05, 4.69) is 10.0 Å². The van der Waals surface area contributed by atoms with E-state index in [-0.39, 0.29) is 22.7 Å². The Morgan fingerprint density at radius 3 is 2.28 bits per heavy atom. The van der Waals surface area contributed by atoms with Crippen LogP contribution in [0.4, 0.5) is 20.6 Å². The molecule has 1 saturated heterocycles. The Labute approximate surface area is 189 Å². The van der Waals surface area contributed by atoms with Crippen molar-refractivity contribution in [2.45, 2.75) is 57.1 Å². The van der Waals surface area contributed by atoms with Crippen molar-refractivity contribution in [1.29, 1.82) is 0 Å². The molecule has 1 aliphatic rings. The first kappa shape index (κ1) is 23.8. The minimum Gasteiger partial charge on any atom is -0.444 e. The molecule has 0 atom stereocenters. The van der Waals surface area contributed by atoms with E-state index in [4.69, 9.17) is 4.74 Å². The monoisotopic (exact) mass is 463 g/mol. The number of nitrogens with one attached hydrogen (secondary N) is 2. The number of ether oxygens (including phenoxy) is 1. The van der Waals surface area contributed by atoms with E-state index in [1.165, 1.54) is 24.3 Å². The van der Waals surface area contributed by atoms with Gasteiger partial charge in [-0.2, -0.15) is 0 Å². The lowest BCUT2D eigenvalue weighted by molar-refractivity contribution is 0.0210. The maximum Gasteiger partial charge on any atom is 0.410 e. The fourth-order valence-corrected chi connectivity index (χ4v) is 4.47. The molecule has 1 aliphatic heterocycles. The van der Waals surface area contributed by atoms with Gasteiger partial charge in [0.2, 0.25) is 0 Å². The van der Waals surface area contributed by atoms with Crippen molar-refractivity contribution >= 4 is 27.5 Å². The van der Waals surface area contributed by atoms with Gasteiger partial charge in [-0.3, -0.25) is 4.72 Å². The summed E-state index contributed by atoms with van der Waals surface area (Å²) >= 11 is 0. The van der Waals surface area contributed by atoms with Crippen LogP contribution in [0.5, 0.6) is 0 Å². The number of carbonyl (C=O) groups excluding carboxylic acids is 1. The van der Waals surface area contributed by atoms with E-state index in [0.717, 1.165) is 11.6 Å². The van der Waals surface area contributed by atoms with E-state index in [1.54, 1.807) is 17.0 Å². The lowest BCUT2D eigenvalue weighted by Crippen LogP contribution is -2.44. The second-order valence-corrected chi connectivity index (χ2v) is 10.7. The molecule has 9 heteroatoms. The summed E-state index contributed by atoms with van der Waals surface area (Å²) in [5.41, 5.74) is 1.01. The zero-order chi connectivity index (χ0) is 23.5. The average molecular weight is 464 g/mol. The van der Waals surface area contributed by atoms with Crippen LogP contribution in [0, 0.1) is 12.7 Å². The number of aryl methyl sites for hydroxylation is 1. The Balaban J connectivity index is 1.68. The fraction of sp³-hybridized carbons (Fsp3) is 0.435. The van der Waals surface area contributed by atoms with Gasteiger partial charge in [0.1, 0.15) is 11.4 Å². The topological polar surface area (TPSA) is 87.7 Å². The molecule has 32 heavy (non-hydrogen) atoms. The van der Waals surface area contributed by atoms with Crippen molar-refractivity contribution < 1.29 is 22.3 Å². The van der Waals surface area contributed by atoms with Crippen LogP contribution in [0.1, 0.15) is 39.2 Å². The highest BCUT2D eigenvalue weighted by Crippen LogP contribution is 2.28. The number of halogens is 1. The zero-order valence-electron chi connectivity index (χ0n) is 18.8. The number of amides is 1. The Bertz CT molecular complexity index is 1060. The van der Waals surface area contributed by atoms with Crippen molar-refractivity contribution in [1.82, 2.24) is 4.90 Å². The molecule has 1 heterocycles. The van der Waals surface area contributed by atoms with E-state index in [9.17, 15) is 17.6 Å². The van der Waals surface area contributed by atoms with Gasteiger partial charge in [0.05, 0.1) is 16.3 Å². The van der Waals surface area contributed by atoms with Crippen molar-refractivity contribution in [2.24, 2.45) is 0 Å². The molecule has 1 amide bonds. The molecule has 0 bridgehead atoms. The van der Waals surface area contributed by atoms with Crippen molar-refractivity contribution in [3.63, 3.8) is 0 Å². The highest BCUT2D eigenvalue weighted by Gasteiger charge is 2.27. The maximum absolute atomic E-state index is 13.9. The molecule has 0 radical (unpaired) electrons. The van der Waals surface area contributed by atoms with Crippen molar-refractivity contribution in [3.05, 3.63) is 53.8 Å². The average Bonchev–Trinajstić information content (AvgIpc) is 2.69. The van der Waals surface area contributed by atoms with Gasteiger partial charge >= 0.3 is 6.09 Å². The van der Waals surface area contributed by atoms with Crippen LogP contribution in [-0.2, 0) is 14.8 Å². The summed E-state index contributed by atoms with van der Waals surface area (Å²) in [5.74, 6) is -0.545. The maximum atomic E-state index is 13.9. The number of likely N-dealkylation sites (tertiary alicyclic amines) is 1. The number of carbonyl (C=O) groups is 1. The van der Waals surface area contributed by atoms with Gasteiger partial charge in [0, 0.05) is 25.2 Å². The lowest BCUT2D eigenvalue weighted by Gasteiger charge is -2.34. The molecule has 174 valence electrons. The Morgan fingerprint density at radius 2 is 1.69 bits per heavy atom. The minimum absolute atomic E-state index is 0.00165. The first-order valence-electron chi connectivity index (χ1n) is 10.6. The number of sulfonamides is 1. The normalized spacial score (nSPS) is 15.3. The van der Waals surface area contributed by atoms with Crippen LogP contribution in [0.2, 0.25) is 0 Å². The standard InChI is InChI=1S/C23H30FN3O4S/c1-16-5-8-19(9-6-16)32(29,30)26-21-15-17(24)7-10-20(21)25-18-11-13-27(14-12-18)22(28)31-23(2,3)4/h5-10,15,18,25-26H,11-14H2,1-4H3. The predicted octanol–water partition coefficient (Wildman–Crippen LogP) is 4.75. The van der Waals surface area contributed by atoms with Gasteiger partial charge in [-0.1, -0.05) is 17.7 Å². The van der Waals surface area contributed by atoms with E-state index >= 15 is 0 Å². The number of piperidine rings is 1. The molecular weight excluding hydrogens is 433 g/mol. The third-order valence-corrected chi connectivity index (χ3v) is 6.44. The first-order chi connectivity index (χ1) is 14.9. The molecule has 7 nitrogen and oxygen atoms in total. The molecule has 3 rings (SSSR count). The number of benzene rings is 2. The molecule has 2 N–H and O–H groups in total. The lowest BCUT2D eigenvalue weighted by atomic mass is 10.0. The number of nitrogens with zero attached hydrogens (tertiary/aromatic N) is 1. The van der Waals surface area contributed by atoms with E-state index in [1.807, 2.05) is 27.7 Å². The molecule has 0 unspecified atom stereocenters. The number of hydrogen-bond donors (Lipinski definition) is 2. The summed E-state index contributed by atoms with van der Waals surface area (Å²) in [6, 6.07) is 10.4. The summed E-state index contributed by atoms with van der Waals surface area (Å²) < 4.78 is 47.4. The SMILES string of the molecule is Cc1ccc(S(=O)(=O)Nc2cc(F)ccc2NC2CCN(C(=O)OC(C)(C)C)CC2)cc1. The van der Waals surface area contributed by atoms with Gasteiger partial charge in [0.25, 0.3) is 10.0 Å². The highest BCUT2D eigenvalue weighted by molar-refractivity contribution is 7.92. The molecule has 2 aromatic carbocycles. The van der Waals surface area contributed by atoms with Crippen LogP contribution in [0.3, 0.4) is 0 Å². The van der Waals surface area contributed by atoms with Crippen LogP contribution in [0.25, 0.3) is 0 Å². The van der Waals surface area contributed by atoms with E-state index in [0.29, 0.717) is 31.6 Å². The van der Waals surface area contributed by atoms with Crippen LogP contribution >= 0.6 is 0 Å².